The summed E-state index contributed by atoms with van der Waals surface area (Å²) in [5.74, 6) is 0.397. The average Bonchev–Trinajstić information content (AvgIpc) is 3.05. The Morgan fingerprint density at radius 3 is 2.52 bits per heavy atom. The Labute approximate surface area is 149 Å². The fraction of sp³-hybridized carbons (Fsp3) is 0.556. The lowest BCUT2D eigenvalue weighted by molar-refractivity contribution is 0.367. The molecule has 0 saturated heterocycles. The van der Waals surface area contributed by atoms with Crippen molar-refractivity contribution in [1.29, 1.82) is 0 Å². The van der Waals surface area contributed by atoms with Crippen molar-refractivity contribution in [2.45, 2.75) is 63.2 Å². The van der Waals surface area contributed by atoms with Crippen molar-refractivity contribution in [1.82, 2.24) is 19.9 Å². The van der Waals surface area contributed by atoms with E-state index in [-0.39, 0.29) is 6.04 Å². The normalized spacial score (nSPS) is 22.0. The van der Waals surface area contributed by atoms with E-state index in [1.807, 2.05) is 12.1 Å². The van der Waals surface area contributed by atoms with Gasteiger partial charge in [0.1, 0.15) is 0 Å². The number of H-pyrrole nitrogens is 1. The highest BCUT2D eigenvalue weighted by atomic mass is 32.2. The zero-order valence-corrected chi connectivity index (χ0v) is 15.8. The molecule has 7 heteroatoms. The molecular weight excluding hydrogens is 336 g/mol. The summed E-state index contributed by atoms with van der Waals surface area (Å²) in [6, 6.07) is 6.00. The standard InChI is InChI=1S/C18H26N4O2S/c1-18(2,3)25(23,24)22-15-8-6-13(7-9-15)16-11-17(21-20-16)14-5-4-10-19-12-14/h4-5,10-13,15,22H,6-9H2,1-3H3,(H,20,21). The van der Waals surface area contributed by atoms with Crippen molar-refractivity contribution in [3.63, 3.8) is 0 Å². The van der Waals surface area contributed by atoms with E-state index in [0.717, 1.165) is 42.6 Å². The van der Waals surface area contributed by atoms with Crippen molar-refractivity contribution in [2.24, 2.45) is 0 Å². The highest BCUT2D eigenvalue weighted by Gasteiger charge is 2.33. The predicted octanol–water partition coefficient (Wildman–Crippen LogP) is 3.22. The predicted molar refractivity (Wildman–Crippen MR) is 98.6 cm³/mol. The SMILES string of the molecule is CC(C)(C)S(=O)(=O)NC1CCC(c2cc(-c3cccnc3)n[nH]2)CC1. The van der Waals surface area contributed by atoms with Crippen LogP contribution in [0.3, 0.4) is 0 Å². The minimum atomic E-state index is -3.29. The zero-order valence-electron chi connectivity index (χ0n) is 15.0. The molecule has 1 saturated carbocycles. The van der Waals surface area contributed by atoms with Gasteiger partial charge in [-0.05, 0) is 64.7 Å². The van der Waals surface area contributed by atoms with Gasteiger partial charge in [-0.3, -0.25) is 10.1 Å². The molecule has 2 aromatic heterocycles. The smallest absolute Gasteiger partial charge is 0.216 e. The number of sulfonamides is 1. The molecule has 0 aliphatic heterocycles. The van der Waals surface area contributed by atoms with Gasteiger partial charge in [0.25, 0.3) is 0 Å². The van der Waals surface area contributed by atoms with E-state index in [9.17, 15) is 8.42 Å². The average molecular weight is 362 g/mol. The number of pyridine rings is 1. The van der Waals surface area contributed by atoms with Gasteiger partial charge in [-0.25, -0.2) is 13.1 Å². The minimum absolute atomic E-state index is 0.0289. The summed E-state index contributed by atoms with van der Waals surface area (Å²) in [7, 11) is -3.29. The molecule has 2 heterocycles. The van der Waals surface area contributed by atoms with Crippen molar-refractivity contribution in [2.75, 3.05) is 0 Å². The monoisotopic (exact) mass is 362 g/mol. The quantitative estimate of drug-likeness (QED) is 0.874. The first-order valence-electron chi connectivity index (χ1n) is 8.74. The lowest BCUT2D eigenvalue weighted by Gasteiger charge is -2.30. The molecule has 0 radical (unpaired) electrons. The van der Waals surface area contributed by atoms with Crippen molar-refractivity contribution < 1.29 is 8.42 Å². The molecule has 0 spiro atoms. The van der Waals surface area contributed by atoms with E-state index in [0.29, 0.717) is 5.92 Å². The van der Waals surface area contributed by atoms with Gasteiger partial charge < -0.3 is 0 Å². The minimum Gasteiger partial charge on any atom is -0.282 e. The number of aromatic amines is 1. The molecule has 2 N–H and O–H groups in total. The van der Waals surface area contributed by atoms with E-state index in [2.05, 4.69) is 26.0 Å². The Bertz CT molecular complexity index is 801. The number of nitrogens with zero attached hydrogens (tertiary/aromatic N) is 2. The van der Waals surface area contributed by atoms with Crippen LogP contribution >= 0.6 is 0 Å². The molecule has 3 rings (SSSR count). The van der Waals surface area contributed by atoms with Gasteiger partial charge in [0.05, 0.1) is 10.4 Å². The van der Waals surface area contributed by atoms with Gasteiger partial charge in [-0.1, -0.05) is 0 Å². The Morgan fingerprint density at radius 2 is 1.92 bits per heavy atom. The molecule has 6 nitrogen and oxygen atoms in total. The van der Waals surface area contributed by atoms with Crippen LogP contribution in [0.25, 0.3) is 11.3 Å². The molecule has 0 bridgehead atoms. The van der Waals surface area contributed by atoms with Crippen LogP contribution < -0.4 is 4.72 Å². The second-order valence-electron chi connectivity index (χ2n) is 7.73. The van der Waals surface area contributed by atoms with Crippen LogP contribution in [0.4, 0.5) is 0 Å². The molecule has 1 aliphatic rings. The van der Waals surface area contributed by atoms with Gasteiger partial charge >= 0.3 is 0 Å². The maximum absolute atomic E-state index is 12.3. The van der Waals surface area contributed by atoms with Gasteiger partial charge in [-0.15, -0.1) is 0 Å². The summed E-state index contributed by atoms with van der Waals surface area (Å²) in [6.45, 7) is 5.18. The summed E-state index contributed by atoms with van der Waals surface area (Å²) in [4.78, 5) is 4.13. The first-order valence-corrected chi connectivity index (χ1v) is 10.2. The van der Waals surface area contributed by atoms with Crippen LogP contribution in [0.2, 0.25) is 0 Å². The first kappa shape index (κ1) is 18.1. The Morgan fingerprint density at radius 1 is 1.20 bits per heavy atom. The first-order chi connectivity index (χ1) is 11.8. The third-order valence-corrected chi connectivity index (χ3v) is 7.11. The van der Waals surface area contributed by atoms with E-state index in [1.54, 1.807) is 33.2 Å². The van der Waals surface area contributed by atoms with Crippen LogP contribution in [0, 0.1) is 0 Å². The molecule has 0 amide bonds. The lowest BCUT2D eigenvalue weighted by atomic mass is 9.84. The second kappa shape index (κ2) is 6.88. The zero-order chi connectivity index (χ0) is 18.1. The molecule has 1 aliphatic carbocycles. The van der Waals surface area contributed by atoms with Crippen molar-refractivity contribution in [3.8, 4) is 11.3 Å². The largest absolute Gasteiger partial charge is 0.282 e. The topological polar surface area (TPSA) is 87.7 Å². The molecule has 136 valence electrons. The number of rotatable bonds is 4. The number of hydrogen-bond acceptors (Lipinski definition) is 4. The highest BCUT2D eigenvalue weighted by molar-refractivity contribution is 7.90. The summed E-state index contributed by atoms with van der Waals surface area (Å²) in [6.07, 6.45) is 7.15. The Kier molecular flexibility index (Phi) is 4.97. The fourth-order valence-electron chi connectivity index (χ4n) is 3.13. The molecule has 0 aromatic carbocycles. The van der Waals surface area contributed by atoms with Gasteiger partial charge in [0.15, 0.2) is 0 Å². The summed E-state index contributed by atoms with van der Waals surface area (Å²) >= 11 is 0. The molecule has 0 atom stereocenters. The second-order valence-corrected chi connectivity index (χ2v) is 10.2. The summed E-state index contributed by atoms with van der Waals surface area (Å²) < 4.78 is 26.7. The third kappa shape index (κ3) is 4.10. The van der Waals surface area contributed by atoms with Crippen LogP contribution in [-0.4, -0.2) is 34.4 Å². The van der Waals surface area contributed by atoms with E-state index >= 15 is 0 Å². The number of hydrogen-bond donors (Lipinski definition) is 2. The van der Waals surface area contributed by atoms with E-state index in [4.69, 9.17) is 0 Å². The van der Waals surface area contributed by atoms with Crippen molar-refractivity contribution in [3.05, 3.63) is 36.3 Å². The molecule has 0 unspecified atom stereocenters. The molecule has 1 fully saturated rings. The summed E-state index contributed by atoms with van der Waals surface area (Å²) in [5, 5.41) is 7.54. The van der Waals surface area contributed by atoms with Gasteiger partial charge in [0.2, 0.25) is 10.0 Å². The molecule has 25 heavy (non-hydrogen) atoms. The highest BCUT2D eigenvalue weighted by Crippen LogP contribution is 2.34. The lowest BCUT2D eigenvalue weighted by Crippen LogP contribution is -2.45. The van der Waals surface area contributed by atoms with Crippen LogP contribution in [-0.2, 0) is 10.0 Å². The Balaban J connectivity index is 1.61. The van der Waals surface area contributed by atoms with Crippen molar-refractivity contribution >= 4 is 10.0 Å². The molecule has 2 aromatic rings. The summed E-state index contributed by atoms with van der Waals surface area (Å²) in [5.41, 5.74) is 3.02. The van der Waals surface area contributed by atoms with E-state index in [1.165, 1.54) is 0 Å². The maximum Gasteiger partial charge on any atom is 0.216 e. The maximum atomic E-state index is 12.3. The fourth-order valence-corrected chi connectivity index (χ4v) is 4.15. The van der Waals surface area contributed by atoms with Crippen LogP contribution in [0.5, 0.6) is 0 Å². The Hall–Kier alpha value is -1.73. The van der Waals surface area contributed by atoms with Crippen LogP contribution in [0.1, 0.15) is 58.1 Å². The molecular formula is C18H26N4O2S. The number of nitrogens with one attached hydrogen (secondary N) is 2. The van der Waals surface area contributed by atoms with Crippen LogP contribution in [0.15, 0.2) is 30.6 Å². The van der Waals surface area contributed by atoms with E-state index < -0.39 is 14.8 Å². The van der Waals surface area contributed by atoms with Gasteiger partial charge in [0, 0.05) is 35.6 Å². The third-order valence-electron chi connectivity index (χ3n) is 4.85. The number of aromatic nitrogens is 3. The van der Waals surface area contributed by atoms with Gasteiger partial charge in [-0.2, -0.15) is 5.10 Å².